The maximum Gasteiger partial charge on any atom is 0.189 e. The second kappa shape index (κ2) is 8.37. The summed E-state index contributed by atoms with van der Waals surface area (Å²) in [6, 6.07) is 2.44. The highest BCUT2D eigenvalue weighted by Crippen LogP contribution is 2.30. The Morgan fingerprint density at radius 3 is 2.66 bits per heavy atom. The first kappa shape index (κ1) is 21.4. The van der Waals surface area contributed by atoms with Crippen molar-refractivity contribution in [2.24, 2.45) is 20.7 Å². The zero-order valence-electron chi connectivity index (χ0n) is 19.3. The Hall–Kier alpha value is -3.82. The number of nitrogens with zero attached hydrogens (tertiary/aromatic N) is 7. The Balaban J connectivity index is 1.82. The topological polar surface area (TPSA) is 113 Å². The van der Waals surface area contributed by atoms with E-state index < -0.39 is 0 Å². The van der Waals surface area contributed by atoms with Crippen molar-refractivity contribution in [2.75, 3.05) is 12.5 Å². The van der Waals surface area contributed by atoms with Crippen molar-refractivity contribution < 1.29 is 0 Å². The Morgan fingerprint density at radius 1 is 1.25 bits per heavy atom. The molecule has 10 heteroatoms. The molecule has 4 N–H and O–H groups in total. The van der Waals surface area contributed by atoms with Gasteiger partial charge >= 0.3 is 0 Å². The molecule has 0 spiro atoms. The summed E-state index contributed by atoms with van der Waals surface area (Å²) in [7, 11) is 1.95. The van der Waals surface area contributed by atoms with Gasteiger partial charge in [0.05, 0.1) is 11.9 Å². The van der Waals surface area contributed by atoms with Gasteiger partial charge in [-0.1, -0.05) is 0 Å². The predicted molar refractivity (Wildman–Crippen MR) is 129 cm³/mol. The van der Waals surface area contributed by atoms with Gasteiger partial charge in [-0.2, -0.15) is 5.10 Å². The monoisotopic (exact) mass is 434 g/mol. The lowest BCUT2D eigenvalue weighted by molar-refractivity contribution is 0.534. The Morgan fingerprint density at radius 2 is 2.03 bits per heavy atom. The number of nitrogens with two attached hydrogens (primary N) is 1. The third kappa shape index (κ3) is 4.03. The van der Waals surface area contributed by atoms with Crippen LogP contribution in [-0.4, -0.2) is 50.3 Å². The minimum atomic E-state index is 0.132. The lowest BCUT2D eigenvalue weighted by Crippen LogP contribution is -2.30. The summed E-state index contributed by atoms with van der Waals surface area (Å²) >= 11 is 0. The first-order valence-corrected chi connectivity index (χ1v) is 10.7. The molecule has 2 aromatic heterocycles. The molecule has 2 aliphatic heterocycles. The summed E-state index contributed by atoms with van der Waals surface area (Å²) in [6.45, 7) is 10.2. The second-order valence-electron chi connectivity index (χ2n) is 8.39. The molecule has 32 heavy (non-hydrogen) atoms. The van der Waals surface area contributed by atoms with E-state index >= 15 is 0 Å². The van der Waals surface area contributed by atoms with Crippen LogP contribution in [0.1, 0.15) is 45.0 Å². The van der Waals surface area contributed by atoms with Crippen molar-refractivity contribution in [3.05, 3.63) is 53.8 Å². The fourth-order valence-electron chi connectivity index (χ4n) is 3.49. The summed E-state index contributed by atoms with van der Waals surface area (Å²) < 4.78 is 3.87. The van der Waals surface area contributed by atoms with Gasteiger partial charge in [-0.05, 0) is 46.2 Å². The molecule has 10 nitrogen and oxygen atoms in total. The van der Waals surface area contributed by atoms with Crippen molar-refractivity contribution in [3.8, 4) is 11.3 Å². The third-order valence-electron chi connectivity index (χ3n) is 5.16. The predicted octanol–water partition coefficient (Wildman–Crippen LogP) is 2.51. The van der Waals surface area contributed by atoms with Gasteiger partial charge in [0, 0.05) is 49.5 Å². The lowest BCUT2D eigenvalue weighted by Gasteiger charge is -2.22. The summed E-state index contributed by atoms with van der Waals surface area (Å²) in [6.07, 6.45) is 9.37. The Labute approximate surface area is 187 Å². The smallest absolute Gasteiger partial charge is 0.189 e. The SMILES string of the molecule is Cc1c(-c2ccn(C(C)C)n2)cn2c1C(N=C(N)C=NC(C)C)=N/C(=C1\NC=CN1C)N2. The van der Waals surface area contributed by atoms with Crippen LogP contribution in [0.3, 0.4) is 0 Å². The van der Waals surface area contributed by atoms with Crippen LogP contribution >= 0.6 is 0 Å². The summed E-state index contributed by atoms with van der Waals surface area (Å²) in [5, 5.41) is 7.95. The van der Waals surface area contributed by atoms with E-state index in [2.05, 4.69) is 34.6 Å². The number of aliphatic imine (C=N–C) groups is 3. The van der Waals surface area contributed by atoms with Crippen molar-refractivity contribution in [1.82, 2.24) is 24.7 Å². The molecule has 2 aromatic rings. The Bertz CT molecular complexity index is 1170. The van der Waals surface area contributed by atoms with Crippen molar-refractivity contribution in [2.45, 2.75) is 46.7 Å². The van der Waals surface area contributed by atoms with Crippen molar-refractivity contribution in [3.63, 3.8) is 0 Å². The van der Waals surface area contributed by atoms with Crippen LogP contribution in [-0.2, 0) is 0 Å². The van der Waals surface area contributed by atoms with E-state index in [4.69, 9.17) is 15.8 Å². The van der Waals surface area contributed by atoms with Gasteiger partial charge < -0.3 is 16.0 Å². The number of hydrogen-bond acceptors (Lipinski definition) is 7. The zero-order valence-corrected chi connectivity index (χ0v) is 19.3. The number of rotatable bonds is 4. The molecule has 0 unspecified atom stereocenters. The quantitative estimate of drug-likeness (QED) is 0.505. The fraction of sp³-hybridized carbons (Fsp3) is 0.364. The third-order valence-corrected chi connectivity index (χ3v) is 5.16. The van der Waals surface area contributed by atoms with Crippen molar-refractivity contribution in [1.29, 1.82) is 0 Å². The average Bonchev–Trinajstić information content (AvgIpc) is 3.45. The van der Waals surface area contributed by atoms with E-state index in [0.717, 1.165) is 28.3 Å². The van der Waals surface area contributed by atoms with Crippen LogP contribution in [0.2, 0.25) is 0 Å². The van der Waals surface area contributed by atoms with Gasteiger partial charge in [-0.3, -0.25) is 19.8 Å². The highest BCUT2D eigenvalue weighted by molar-refractivity contribution is 6.32. The van der Waals surface area contributed by atoms with E-state index in [-0.39, 0.29) is 12.1 Å². The summed E-state index contributed by atoms with van der Waals surface area (Å²) in [4.78, 5) is 15.7. The molecule has 2 aliphatic rings. The van der Waals surface area contributed by atoms with Gasteiger partial charge in [0.25, 0.3) is 0 Å². The number of aromatic nitrogens is 3. The lowest BCUT2D eigenvalue weighted by atomic mass is 10.1. The molecule has 0 aliphatic carbocycles. The van der Waals surface area contributed by atoms with Crippen molar-refractivity contribution >= 4 is 17.9 Å². The van der Waals surface area contributed by atoms with Gasteiger partial charge in [0.2, 0.25) is 0 Å². The molecule has 168 valence electrons. The van der Waals surface area contributed by atoms with Crippen LogP contribution in [0.5, 0.6) is 0 Å². The zero-order chi connectivity index (χ0) is 23.0. The highest BCUT2D eigenvalue weighted by Gasteiger charge is 2.26. The van der Waals surface area contributed by atoms with Gasteiger partial charge in [-0.25, -0.2) is 9.98 Å². The Kier molecular flexibility index (Phi) is 5.60. The molecule has 0 fully saturated rings. The van der Waals surface area contributed by atoms with E-state index in [1.54, 1.807) is 6.21 Å². The summed E-state index contributed by atoms with van der Waals surface area (Å²) in [5.41, 5.74) is 13.3. The molecule has 0 saturated carbocycles. The normalized spacial score (nSPS) is 18.6. The molecule has 4 heterocycles. The molecule has 0 bridgehead atoms. The van der Waals surface area contributed by atoms with E-state index in [1.165, 1.54) is 0 Å². The highest BCUT2D eigenvalue weighted by atomic mass is 15.5. The number of hydrogen-bond donors (Lipinski definition) is 3. The largest absolute Gasteiger partial charge is 0.382 e. The maximum atomic E-state index is 6.16. The summed E-state index contributed by atoms with van der Waals surface area (Å²) in [5.74, 6) is 2.25. The minimum Gasteiger partial charge on any atom is -0.382 e. The molecule has 0 aromatic carbocycles. The molecule has 0 radical (unpaired) electrons. The van der Waals surface area contributed by atoms with Gasteiger partial charge in [0.1, 0.15) is 11.5 Å². The maximum absolute atomic E-state index is 6.16. The first-order chi connectivity index (χ1) is 15.2. The molecule has 0 atom stereocenters. The molecule has 0 amide bonds. The van der Waals surface area contributed by atoms with E-state index in [9.17, 15) is 0 Å². The van der Waals surface area contributed by atoms with Crippen LogP contribution in [0.15, 0.2) is 57.5 Å². The number of nitrogens with one attached hydrogen (secondary N) is 2. The van der Waals surface area contributed by atoms with Crippen LogP contribution in [0.25, 0.3) is 11.3 Å². The second-order valence-corrected chi connectivity index (χ2v) is 8.39. The fourth-order valence-corrected chi connectivity index (χ4v) is 3.49. The van der Waals surface area contributed by atoms with Crippen LogP contribution in [0, 0.1) is 6.92 Å². The molecule has 4 rings (SSSR count). The number of fused-ring (bicyclic) bond motifs is 1. The molecule has 0 saturated heterocycles. The van der Waals surface area contributed by atoms with Crippen LogP contribution < -0.4 is 16.5 Å². The van der Waals surface area contributed by atoms with E-state index in [1.807, 2.05) is 72.9 Å². The molecular formula is C22H30N10. The van der Waals surface area contributed by atoms with E-state index in [0.29, 0.717) is 17.5 Å². The molecular weight excluding hydrogens is 404 g/mol. The first-order valence-electron chi connectivity index (χ1n) is 10.7. The number of amidine groups is 2. The minimum absolute atomic E-state index is 0.132. The average molecular weight is 435 g/mol. The van der Waals surface area contributed by atoms with Crippen LogP contribution in [0.4, 0.5) is 0 Å². The van der Waals surface area contributed by atoms with Gasteiger partial charge in [0.15, 0.2) is 17.5 Å². The standard InChI is InChI=1S/C22H30N10/c1-13(2)25-11-18(23)26-20-19-15(5)16(17-7-9-31(28-17)14(3)4)12-32(19)29-21(27-20)22-24-8-10-30(22)6/h7-14,24,29H,1-6H3,(H2,23,26,27)/b22-21-,25-11?. The van der Waals surface area contributed by atoms with Gasteiger partial charge in [-0.15, -0.1) is 0 Å².